The van der Waals surface area contributed by atoms with Gasteiger partial charge in [0, 0.05) is 0 Å². The van der Waals surface area contributed by atoms with Crippen LogP contribution < -0.4 is 21.1 Å². The molecular formula is C7H9BN2O. The maximum absolute atomic E-state index is 5.62. The SMILES string of the molecule is Bc1ccc2c(c1)N(N)CO2. The van der Waals surface area contributed by atoms with Crippen molar-refractivity contribution in [3.05, 3.63) is 18.2 Å². The number of nitrogens with two attached hydrogens (primary N) is 1. The first-order valence-corrected chi connectivity index (χ1v) is 3.53. The fraction of sp³-hybridized carbons (Fsp3) is 0.143. The third-order valence-electron chi connectivity index (χ3n) is 1.78. The van der Waals surface area contributed by atoms with Crippen LogP contribution in [0.15, 0.2) is 18.2 Å². The molecule has 1 heterocycles. The van der Waals surface area contributed by atoms with Crippen LogP contribution >= 0.6 is 0 Å². The summed E-state index contributed by atoms with van der Waals surface area (Å²) in [5, 5.41) is 1.60. The summed E-state index contributed by atoms with van der Waals surface area (Å²) in [7, 11) is 2.03. The van der Waals surface area contributed by atoms with Crippen LogP contribution in [-0.4, -0.2) is 14.6 Å². The van der Waals surface area contributed by atoms with Gasteiger partial charge in [-0.3, -0.25) is 5.01 Å². The van der Waals surface area contributed by atoms with Crippen LogP contribution in [0.2, 0.25) is 0 Å². The van der Waals surface area contributed by atoms with E-state index in [0.29, 0.717) is 6.73 Å². The third kappa shape index (κ3) is 0.954. The van der Waals surface area contributed by atoms with E-state index in [0.717, 1.165) is 11.4 Å². The van der Waals surface area contributed by atoms with E-state index >= 15 is 0 Å². The maximum atomic E-state index is 5.62. The normalized spacial score (nSPS) is 14.5. The molecule has 0 bridgehead atoms. The molecule has 0 radical (unpaired) electrons. The quantitative estimate of drug-likeness (QED) is 0.377. The predicted molar refractivity (Wildman–Crippen MR) is 46.8 cm³/mol. The minimum Gasteiger partial charge on any atom is -0.470 e. The standard InChI is InChI=1S/C7H9BN2O/c8-5-1-2-7-6(3-5)10(9)4-11-7/h1-3H,4,8-9H2. The average molecular weight is 148 g/mol. The summed E-state index contributed by atoms with van der Waals surface area (Å²) in [6.07, 6.45) is 0. The van der Waals surface area contributed by atoms with Gasteiger partial charge in [-0.25, -0.2) is 5.84 Å². The highest BCUT2D eigenvalue weighted by Gasteiger charge is 2.16. The van der Waals surface area contributed by atoms with Crippen molar-refractivity contribution in [1.82, 2.24) is 0 Å². The van der Waals surface area contributed by atoms with Crippen molar-refractivity contribution in [2.75, 3.05) is 11.7 Å². The highest BCUT2D eigenvalue weighted by atomic mass is 16.5. The second kappa shape index (κ2) is 2.17. The number of hydrogen-bond acceptors (Lipinski definition) is 3. The number of nitrogens with zero attached hydrogens (tertiary/aromatic N) is 1. The molecule has 2 rings (SSSR count). The van der Waals surface area contributed by atoms with Crippen molar-refractivity contribution in [2.45, 2.75) is 0 Å². The van der Waals surface area contributed by atoms with Crippen LogP contribution in [0.5, 0.6) is 5.75 Å². The van der Waals surface area contributed by atoms with Crippen LogP contribution in [0, 0.1) is 0 Å². The Hall–Kier alpha value is -1.16. The number of rotatable bonds is 0. The van der Waals surface area contributed by atoms with Gasteiger partial charge in [-0.15, -0.1) is 0 Å². The molecule has 0 amide bonds. The van der Waals surface area contributed by atoms with E-state index in [9.17, 15) is 0 Å². The van der Waals surface area contributed by atoms with Crippen molar-refractivity contribution in [2.24, 2.45) is 5.84 Å². The molecule has 0 aromatic heterocycles. The lowest BCUT2D eigenvalue weighted by Crippen LogP contribution is -2.29. The van der Waals surface area contributed by atoms with E-state index in [1.807, 2.05) is 26.0 Å². The van der Waals surface area contributed by atoms with Crippen LogP contribution in [0.3, 0.4) is 0 Å². The summed E-state index contributed by atoms with van der Waals surface area (Å²) in [6.45, 7) is 0.457. The number of hydrogen-bond donors (Lipinski definition) is 1. The van der Waals surface area contributed by atoms with Crippen molar-refractivity contribution in [1.29, 1.82) is 0 Å². The van der Waals surface area contributed by atoms with Gasteiger partial charge in [-0.1, -0.05) is 11.5 Å². The highest BCUT2D eigenvalue weighted by Crippen LogP contribution is 2.29. The van der Waals surface area contributed by atoms with Crippen molar-refractivity contribution < 1.29 is 4.74 Å². The van der Waals surface area contributed by atoms with E-state index < -0.39 is 0 Å². The van der Waals surface area contributed by atoms with Gasteiger partial charge in [0.25, 0.3) is 0 Å². The molecule has 2 N–H and O–H groups in total. The smallest absolute Gasteiger partial charge is 0.175 e. The van der Waals surface area contributed by atoms with E-state index in [-0.39, 0.29) is 0 Å². The molecule has 1 aromatic carbocycles. The lowest BCUT2D eigenvalue weighted by atomic mass is 9.96. The third-order valence-corrected chi connectivity index (χ3v) is 1.78. The largest absolute Gasteiger partial charge is 0.470 e. The Balaban J connectivity index is 2.52. The molecule has 0 atom stereocenters. The molecule has 0 aliphatic carbocycles. The zero-order chi connectivity index (χ0) is 7.84. The molecule has 1 aromatic rings. The van der Waals surface area contributed by atoms with Crippen molar-refractivity contribution in [3.8, 4) is 5.75 Å². The van der Waals surface area contributed by atoms with Crippen molar-refractivity contribution in [3.63, 3.8) is 0 Å². The second-order valence-electron chi connectivity index (χ2n) is 2.71. The summed E-state index contributed by atoms with van der Waals surface area (Å²) in [6, 6.07) is 5.97. The second-order valence-corrected chi connectivity index (χ2v) is 2.71. The van der Waals surface area contributed by atoms with E-state index in [2.05, 4.69) is 0 Å². The molecule has 0 saturated carbocycles. The molecule has 0 saturated heterocycles. The molecule has 1 aliphatic heterocycles. The van der Waals surface area contributed by atoms with Gasteiger partial charge < -0.3 is 4.74 Å². The molecule has 0 unspecified atom stereocenters. The van der Waals surface area contributed by atoms with Crippen LogP contribution in [-0.2, 0) is 0 Å². The van der Waals surface area contributed by atoms with Gasteiger partial charge in [0.05, 0.1) is 5.69 Å². The number of benzene rings is 1. The van der Waals surface area contributed by atoms with Crippen LogP contribution in [0.4, 0.5) is 5.69 Å². The molecule has 3 nitrogen and oxygen atoms in total. The average Bonchev–Trinajstić information content (AvgIpc) is 2.33. The summed E-state index contributed by atoms with van der Waals surface area (Å²) >= 11 is 0. The summed E-state index contributed by atoms with van der Waals surface area (Å²) in [5.41, 5.74) is 2.18. The molecular weight excluding hydrogens is 139 g/mol. The highest BCUT2D eigenvalue weighted by molar-refractivity contribution is 6.32. The van der Waals surface area contributed by atoms with Crippen LogP contribution in [0.25, 0.3) is 0 Å². The first-order valence-electron chi connectivity index (χ1n) is 3.53. The fourth-order valence-electron chi connectivity index (χ4n) is 1.18. The Morgan fingerprint density at radius 2 is 2.36 bits per heavy atom. The van der Waals surface area contributed by atoms with Gasteiger partial charge in [0.2, 0.25) is 0 Å². The Kier molecular flexibility index (Phi) is 1.29. The minimum atomic E-state index is 0.457. The van der Waals surface area contributed by atoms with Gasteiger partial charge in [-0.05, 0) is 12.1 Å². The number of anilines is 1. The number of ether oxygens (including phenoxy) is 1. The first kappa shape index (κ1) is 6.55. The number of hydrazine groups is 1. The van der Waals surface area contributed by atoms with Crippen molar-refractivity contribution >= 4 is 19.0 Å². The molecule has 11 heavy (non-hydrogen) atoms. The van der Waals surface area contributed by atoms with Gasteiger partial charge in [-0.2, -0.15) is 0 Å². The van der Waals surface area contributed by atoms with E-state index in [1.165, 1.54) is 5.46 Å². The zero-order valence-corrected chi connectivity index (χ0v) is 6.37. The fourth-order valence-corrected chi connectivity index (χ4v) is 1.18. The zero-order valence-electron chi connectivity index (χ0n) is 6.37. The monoisotopic (exact) mass is 148 g/mol. The number of fused-ring (bicyclic) bond motifs is 1. The summed E-state index contributed by atoms with van der Waals surface area (Å²) < 4.78 is 5.27. The molecule has 56 valence electrons. The van der Waals surface area contributed by atoms with E-state index in [1.54, 1.807) is 5.01 Å². The predicted octanol–water partition coefficient (Wildman–Crippen LogP) is -1.03. The lowest BCUT2D eigenvalue weighted by molar-refractivity contribution is 0.348. The minimum absolute atomic E-state index is 0.457. The molecule has 1 aliphatic rings. The first-order chi connectivity index (χ1) is 5.27. The van der Waals surface area contributed by atoms with E-state index in [4.69, 9.17) is 10.6 Å². The Morgan fingerprint density at radius 1 is 1.55 bits per heavy atom. The molecule has 4 heteroatoms. The van der Waals surface area contributed by atoms with Gasteiger partial charge in [0.1, 0.15) is 13.6 Å². The maximum Gasteiger partial charge on any atom is 0.175 e. The molecule has 0 spiro atoms. The topological polar surface area (TPSA) is 38.5 Å². The summed E-state index contributed by atoms with van der Waals surface area (Å²) in [5.74, 6) is 6.50. The Bertz CT molecular complexity index is 290. The lowest BCUT2D eigenvalue weighted by Gasteiger charge is -2.06. The summed E-state index contributed by atoms with van der Waals surface area (Å²) in [4.78, 5) is 0. The Morgan fingerprint density at radius 3 is 3.18 bits per heavy atom. The molecule has 0 fully saturated rings. The van der Waals surface area contributed by atoms with Gasteiger partial charge in [0.15, 0.2) is 6.73 Å². The van der Waals surface area contributed by atoms with Gasteiger partial charge >= 0.3 is 0 Å². The Labute approximate surface area is 66.1 Å². The van der Waals surface area contributed by atoms with Crippen LogP contribution in [0.1, 0.15) is 0 Å².